The van der Waals surface area contributed by atoms with E-state index < -0.39 is 0 Å². The highest BCUT2D eigenvalue weighted by atomic mass is 32.1. The first-order valence-electron chi connectivity index (χ1n) is 4.04. The van der Waals surface area contributed by atoms with Crippen LogP contribution in [0.4, 0.5) is 0 Å². The van der Waals surface area contributed by atoms with Crippen molar-refractivity contribution in [3.05, 3.63) is 23.0 Å². The van der Waals surface area contributed by atoms with Crippen molar-refractivity contribution in [2.24, 2.45) is 0 Å². The summed E-state index contributed by atoms with van der Waals surface area (Å²) < 4.78 is 0. The first-order valence-corrected chi connectivity index (χ1v) is 4.68. The van der Waals surface area contributed by atoms with Crippen molar-refractivity contribution >= 4 is 18.7 Å². The van der Waals surface area contributed by atoms with E-state index in [1.807, 2.05) is 13.8 Å². The number of allylic oxidation sites excluding steroid dienone is 1. The third kappa shape index (κ3) is 2.14. The molecule has 0 fully saturated rings. The Kier molecular flexibility index (Phi) is 3.41. The van der Waals surface area contributed by atoms with E-state index in [4.69, 9.17) is 0 Å². The first kappa shape index (κ1) is 9.39. The molecule has 0 aromatic carbocycles. The lowest BCUT2D eigenvalue weighted by Crippen LogP contribution is -1.77. The Bertz CT molecular complexity index is 257. The van der Waals surface area contributed by atoms with Gasteiger partial charge in [-0.3, -0.25) is 5.10 Å². The van der Waals surface area contributed by atoms with Crippen LogP contribution in [-0.4, -0.2) is 16.0 Å². The number of nitrogens with one attached hydrogen (secondary N) is 1. The minimum atomic E-state index is 0.895. The van der Waals surface area contributed by atoms with Gasteiger partial charge in [0.05, 0.1) is 5.69 Å². The molecule has 0 aliphatic heterocycles. The molecule has 1 aromatic rings. The van der Waals surface area contributed by atoms with Crippen LogP contribution < -0.4 is 0 Å². The van der Waals surface area contributed by atoms with Crippen molar-refractivity contribution in [2.45, 2.75) is 20.3 Å². The molecule has 1 rings (SSSR count). The van der Waals surface area contributed by atoms with Gasteiger partial charge < -0.3 is 0 Å². The summed E-state index contributed by atoms with van der Waals surface area (Å²) in [4.78, 5) is 0. The second kappa shape index (κ2) is 4.36. The summed E-state index contributed by atoms with van der Waals surface area (Å²) in [5.41, 5.74) is 3.39. The van der Waals surface area contributed by atoms with Crippen LogP contribution in [0.5, 0.6) is 0 Å². The van der Waals surface area contributed by atoms with Crippen molar-refractivity contribution in [1.29, 1.82) is 0 Å². The van der Waals surface area contributed by atoms with Crippen LogP contribution in [0.15, 0.2) is 6.08 Å². The molecule has 0 amide bonds. The van der Waals surface area contributed by atoms with Crippen molar-refractivity contribution in [3.8, 4) is 0 Å². The molecule has 66 valence electrons. The fourth-order valence-corrected chi connectivity index (χ4v) is 1.23. The van der Waals surface area contributed by atoms with Crippen molar-refractivity contribution in [1.82, 2.24) is 10.2 Å². The van der Waals surface area contributed by atoms with Gasteiger partial charge in [0.15, 0.2) is 0 Å². The van der Waals surface area contributed by atoms with Crippen LogP contribution in [0, 0.1) is 13.8 Å². The van der Waals surface area contributed by atoms with Crippen molar-refractivity contribution in [2.75, 3.05) is 5.75 Å². The van der Waals surface area contributed by atoms with E-state index in [0.717, 1.165) is 23.6 Å². The van der Waals surface area contributed by atoms with E-state index in [1.165, 1.54) is 5.56 Å². The fourth-order valence-electron chi connectivity index (χ4n) is 1.08. The van der Waals surface area contributed by atoms with Gasteiger partial charge in [0, 0.05) is 11.3 Å². The van der Waals surface area contributed by atoms with Crippen LogP contribution in [0.1, 0.15) is 23.4 Å². The number of rotatable bonds is 3. The minimum absolute atomic E-state index is 0.895. The summed E-state index contributed by atoms with van der Waals surface area (Å²) in [6.07, 6.45) is 5.23. The predicted octanol–water partition coefficient (Wildman–Crippen LogP) is 2.36. The number of hydrogen-bond donors (Lipinski definition) is 2. The van der Waals surface area contributed by atoms with Crippen molar-refractivity contribution in [3.63, 3.8) is 0 Å². The Labute approximate surface area is 78.5 Å². The molecule has 0 spiro atoms. The average Bonchev–Trinajstić information content (AvgIpc) is 2.35. The molecule has 1 aromatic heterocycles. The summed E-state index contributed by atoms with van der Waals surface area (Å²) >= 11 is 4.13. The summed E-state index contributed by atoms with van der Waals surface area (Å²) in [5, 5.41) is 7.04. The lowest BCUT2D eigenvalue weighted by atomic mass is 10.2. The Balaban J connectivity index is 2.73. The molecule has 0 atom stereocenters. The number of aromatic nitrogens is 2. The predicted molar refractivity (Wildman–Crippen MR) is 55.6 cm³/mol. The SMILES string of the molecule is Cc1n[nH]c(C)c1C=CCCS. The number of aromatic amines is 1. The minimum Gasteiger partial charge on any atom is -0.282 e. The highest BCUT2D eigenvalue weighted by Gasteiger charge is 2.00. The van der Waals surface area contributed by atoms with E-state index >= 15 is 0 Å². The third-order valence-corrected chi connectivity index (χ3v) is 2.02. The van der Waals surface area contributed by atoms with Crippen LogP contribution in [-0.2, 0) is 0 Å². The smallest absolute Gasteiger partial charge is 0.0666 e. The molecule has 0 radical (unpaired) electrons. The van der Waals surface area contributed by atoms with Gasteiger partial charge in [-0.1, -0.05) is 12.2 Å². The van der Waals surface area contributed by atoms with Gasteiger partial charge in [-0.05, 0) is 26.0 Å². The third-order valence-electron chi connectivity index (χ3n) is 1.77. The lowest BCUT2D eigenvalue weighted by Gasteiger charge is -1.90. The van der Waals surface area contributed by atoms with Crippen LogP contribution in [0.3, 0.4) is 0 Å². The number of H-pyrrole nitrogens is 1. The summed E-state index contributed by atoms with van der Waals surface area (Å²) in [6.45, 7) is 4.03. The van der Waals surface area contributed by atoms with E-state index in [1.54, 1.807) is 0 Å². The second-order valence-electron chi connectivity index (χ2n) is 2.76. The molecule has 0 aliphatic carbocycles. The Morgan fingerprint density at radius 2 is 2.25 bits per heavy atom. The topological polar surface area (TPSA) is 28.7 Å². The van der Waals surface area contributed by atoms with E-state index in [9.17, 15) is 0 Å². The molecule has 12 heavy (non-hydrogen) atoms. The van der Waals surface area contributed by atoms with Gasteiger partial charge in [-0.2, -0.15) is 17.7 Å². The normalized spacial score (nSPS) is 11.2. The van der Waals surface area contributed by atoms with Crippen LogP contribution >= 0.6 is 12.6 Å². The van der Waals surface area contributed by atoms with Gasteiger partial charge in [-0.25, -0.2) is 0 Å². The number of thiol groups is 1. The van der Waals surface area contributed by atoms with Gasteiger partial charge in [0.25, 0.3) is 0 Å². The number of hydrogen-bond acceptors (Lipinski definition) is 2. The summed E-state index contributed by atoms with van der Waals surface area (Å²) in [7, 11) is 0. The number of nitrogens with zero attached hydrogens (tertiary/aromatic N) is 1. The number of aryl methyl sites for hydroxylation is 2. The molecule has 0 bridgehead atoms. The summed E-state index contributed by atoms with van der Waals surface area (Å²) in [5.74, 6) is 0.895. The zero-order valence-corrected chi connectivity index (χ0v) is 8.36. The van der Waals surface area contributed by atoms with E-state index in [-0.39, 0.29) is 0 Å². The van der Waals surface area contributed by atoms with Gasteiger partial charge in [-0.15, -0.1) is 0 Å². The highest BCUT2D eigenvalue weighted by molar-refractivity contribution is 7.80. The molecule has 0 saturated carbocycles. The maximum absolute atomic E-state index is 4.13. The molecule has 1 heterocycles. The lowest BCUT2D eigenvalue weighted by molar-refractivity contribution is 1.02. The zero-order valence-electron chi connectivity index (χ0n) is 7.46. The zero-order chi connectivity index (χ0) is 8.97. The Hall–Kier alpha value is -0.700. The van der Waals surface area contributed by atoms with Crippen LogP contribution in [0.2, 0.25) is 0 Å². The van der Waals surface area contributed by atoms with Gasteiger partial charge in [0.1, 0.15) is 0 Å². The molecule has 1 N–H and O–H groups in total. The molecule has 0 aliphatic rings. The van der Waals surface area contributed by atoms with Gasteiger partial charge >= 0.3 is 0 Å². The summed E-state index contributed by atoms with van der Waals surface area (Å²) in [6, 6.07) is 0. The monoisotopic (exact) mass is 182 g/mol. The van der Waals surface area contributed by atoms with Crippen LogP contribution in [0.25, 0.3) is 6.08 Å². The quantitative estimate of drug-likeness (QED) is 0.690. The fraction of sp³-hybridized carbons (Fsp3) is 0.444. The van der Waals surface area contributed by atoms with Crippen molar-refractivity contribution < 1.29 is 0 Å². The molecule has 0 saturated heterocycles. The molecular weight excluding hydrogens is 168 g/mol. The van der Waals surface area contributed by atoms with E-state index in [0.29, 0.717) is 0 Å². The standard InChI is InChI=1S/C9H14N2S/c1-7-9(5-3-4-6-12)8(2)11-10-7/h3,5,12H,4,6H2,1-2H3,(H,10,11). The molecule has 0 unspecified atom stereocenters. The average molecular weight is 182 g/mol. The van der Waals surface area contributed by atoms with Gasteiger partial charge in [0.2, 0.25) is 0 Å². The largest absolute Gasteiger partial charge is 0.282 e. The molecule has 2 nitrogen and oxygen atoms in total. The second-order valence-corrected chi connectivity index (χ2v) is 3.21. The Morgan fingerprint density at radius 1 is 1.50 bits per heavy atom. The highest BCUT2D eigenvalue weighted by Crippen LogP contribution is 2.11. The maximum Gasteiger partial charge on any atom is 0.0666 e. The first-order chi connectivity index (χ1) is 5.75. The molecule has 3 heteroatoms. The maximum atomic E-state index is 4.13. The molecular formula is C9H14N2S. The van der Waals surface area contributed by atoms with E-state index in [2.05, 4.69) is 35.0 Å². The Morgan fingerprint density at radius 3 is 2.75 bits per heavy atom.